The molecule has 162 valence electrons. The fourth-order valence-electron chi connectivity index (χ4n) is 4.83. The molecule has 0 saturated carbocycles. The Morgan fingerprint density at radius 2 is 1.53 bits per heavy atom. The van der Waals surface area contributed by atoms with Gasteiger partial charge in [-0.3, -0.25) is 4.79 Å². The molecule has 0 radical (unpaired) electrons. The average Bonchev–Trinajstić information content (AvgIpc) is 2.95. The Morgan fingerprint density at radius 1 is 0.900 bits per heavy atom. The van der Waals surface area contributed by atoms with Gasteiger partial charge in [0, 0.05) is 31.4 Å². The maximum absolute atomic E-state index is 11.1. The van der Waals surface area contributed by atoms with E-state index in [4.69, 9.17) is 0 Å². The van der Waals surface area contributed by atoms with Gasteiger partial charge in [-0.2, -0.15) is 4.58 Å². The number of methoxy groups -OCH3 is 1. The minimum atomic E-state index is -0.0817. The number of carbonyl (C=O) groups excluding carboxylic acids is 1. The van der Waals surface area contributed by atoms with E-state index in [1.54, 1.807) is 0 Å². The zero-order valence-electron chi connectivity index (χ0n) is 19.3. The lowest BCUT2D eigenvalue weighted by Gasteiger charge is -2.17. The molecular formula is C27H38NO2+. The van der Waals surface area contributed by atoms with E-state index in [0.717, 1.165) is 19.4 Å². The molecule has 3 rings (SSSR count). The molecule has 0 amide bonds. The Bertz CT molecular complexity index is 910. The highest BCUT2D eigenvalue weighted by molar-refractivity contribution is 6.01. The van der Waals surface area contributed by atoms with Crippen LogP contribution in [0.5, 0.6) is 0 Å². The second kappa shape index (κ2) is 10.2. The summed E-state index contributed by atoms with van der Waals surface area (Å²) in [5.41, 5.74) is 4.45. The Balaban J connectivity index is 1.46. The van der Waals surface area contributed by atoms with Crippen LogP contribution in [0.2, 0.25) is 0 Å². The molecule has 1 heterocycles. The van der Waals surface area contributed by atoms with E-state index in [1.807, 2.05) is 0 Å². The van der Waals surface area contributed by atoms with Crippen molar-refractivity contribution in [2.24, 2.45) is 0 Å². The summed E-state index contributed by atoms with van der Waals surface area (Å²) in [6.07, 6.45) is 10.3. The molecule has 0 saturated heterocycles. The molecule has 0 bridgehead atoms. The van der Waals surface area contributed by atoms with Crippen molar-refractivity contribution in [1.82, 2.24) is 0 Å². The normalized spacial score (nSPS) is 14.9. The van der Waals surface area contributed by atoms with Crippen LogP contribution in [0.4, 0.5) is 5.69 Å². The first-order valence-electron chi connectivity index (χ1n) is 11.7. The molecule has 1 aliphatic rings. The molecule has 0 N–H and O–H groups in total. The summed E-state index contributed by atoms with van der Waals surface area (Å²) in [5.74, 6) is -0.0817. The number of unbranched alkanes of at least 4 members (excludes halogenated alkanes) is 7. The van der Waals surface area contributed by atoms with Crippen LogP contribution in [0.15, 0.2) is 36.4 Å². The number of esters is 1. The van der Waals surface area contributed by atoms with Gasteiger partial charge in [0.05, 0.1) is 12.5 Å². The Kier molecular flexibility index (Phi) is 7.69. The van der Waals surface area contributed by atoms with Gasteiger partial charge in [-0.1, -0.05) is 56.4 Å². The molecule has 0 fully saturated rings. The van der Waals surface area contributed by atoms with Crippen LogP contribution in [0.3, 0.4) is 0 Å². The van der Waals surface area contributed by atoms with E-state index in [9.17, 15) is 4.79 Å². The first-order valence-corrected chi connectivity index (χ1v) is 11.7. The summed E-state index contributed by atoms with van der Waals surface area (Å²) < 4.78 is 7.25. The third kappa shape index (κ3) is 4.94. The minimum Gasteiger partial charge on any atom is -0.469 e. The highest BCUT2D eigenvalue weighted by Crippen LogP contribution is 2.43. The maximum atomic E-state index is 11.1. The largest absolute Gasteiger partial charge is 0.469 e. The monoisotopic (exact) mass is 408 g/mol. The molecule has 0 unspecified atom stereocenters. The lowest BCUT2D eigenvalue weighted by molar-refractivity contribution is -0.439. The number of fused-ring (bicyclic) bond motifs is 3. The quantitative estimate of drug-likeness (QED) is 0.229. The Morgan fingerprint density at radius 3 is 2.23 bits per heavy atom. The number of hydrogen-bond acceptors (Lipinski definition) is 2. The molecule has 0 spiro atoms. The summed E-state index contributed by atoms with van der Waals surface area (Å²) in [6, 6.07) is 13.4. The van der Waals surface area contributed by atoms with Crippen molar-refractivity contribution in [3.8, 4) is 0 Å². The smallest absolute Gasteiger partial charge is 0.305 e. The summed E-state index contributed by atoms with van der Waals surface area (Å²) in [4.78, 5) is 11.1. The predicted molar refractivity (Wildman–Crippen MR) is 126 cm³/mol. The van der Waals surface area contributed by atoms with Gasteiger partial charge in [0.1, 0.15) is 6.54 Å². The molecule has 3 heteroatoms. The molecular weight excluding hydrogens is 370 g/mol. The summed E-state index contributed by atoms with van der Waals surface area (Å²) in [5, 5.41) is 2.74. The van der Waals surface area contributed by atoms with E-state index in [-0.39, 0.29) is 11.4 Å². The average molecular weight is 409 g/mol. The highest BCUT2D eigenvalue weighted by Gasteiger charge is 2.43. The van der Waals surface area contributed by atoms with Gasteiger partial charge in [-0.05, 0) is 43.5 Å². The number of ether oxygens (including phenoxy) is 1. The standard InChI is InChI=1S/C27H38NO2/c1-21-27(2,3)26-23-16-13-12-15-22(23)18-19-24(26)28(21)20-14-10-8-6-5-7-9-11-17-25(29)30-4/h12-13,15-16,18-19H,5-11,14,17,20H2,1-4H3/q+1. The van der Waals surface area contributed by atoms with Crippen molar-refractivity contribution in [1.29, 1.82) is 0 Å². The van der Waals surface area contributed by atoms with Gasteiger partial charge in [-0.25, -0.2) is 0 Å². The molecule has 2 aromatic rings. The fraction of sp³-hybridized carbons (Fsp3) is 0.556. The topological polar surface area (TPSA) is 29.3 Å². The SMILES string of the molecule is COC(=O)CCCCCCCCCC[N+]1=C(C)C(C)(C)c2c1ccc1ccccc21. The van der Waals surface area contributed by atoms with E-state index in [0.29, 0.717) is 6.42 Å². The van der Waals surface area contributed by atoms with Crippen molar-refractivity contribution >= 4 is 28.1 Å². The van der Waals surface area contributed by atoms with Crippen molar-refractivity contribution in [2.45, 2.75) is 84.0 Å². The summed E-state index contributed by atoms with van der Waals surface area (Å²) in [7, 11) is 1.46. The van der Waals surface area contributed by atoms with Crippen molar-refractivity contribution < 1.29 is 14.1 Å². The van der Waals surface area contributed by atoms with E-state index in [2.05, 4.69) is 66.5 Å². The highest BCUT2D eigenvalue weighted by atomic mass is 16.5. The minimum absolute atomic E-state index is 0.0817. The van der Waals surface area contributed by atoms with Crippen LogP contribution in [0.25, 0.3) is 10.8 Å². The second-order valence-corrected chi connectivity index (χ2v) is 9.20. The van der Waals surface area contributed by atoms with Gasteiger partial charge >= 0.3 is 5.97 Å². The number of hydrogen-bond donors (Lipinski definition) is 0. The van der Waals surface area contributed by atoms with Crippen LogP contribution in [0.1, 0.15) is 84.1 Å². The first kappa shape index (κ1) is 22.5. The van der Waals surface area contributed by atoms with E-state index >= 15 is 0 Å². The third-order valence-corrected chi connectivity index (χ3v) is 6.87. The van der Waals surface area contributed by atoms with Gasteiger partial charge in [0.25, 0.3) is 0 Å². The molecule has 2 aromatic carbocycles. The van der Waals surface area contributed by atoms with Gasteiger partial charge in [-0.15, -0.1) is 0 Å². The zero-order chi connectivity index (χ0) is 21.6. The molecule has 1 aliphatic heterocycles. The lowest BCUT2D eigenvalue weighted by Crippen LogP contribution is -2.26. The fourth-order valence-corrected chi connectivity index (χ4v) is 4.83. The van der Waals surface area contributed by atoms with Crippen LogP contribution < -0.4 is 0 Å². The van der Waals surface area contributed by atoms with E-state index in [1.165, 1.54) is 73.4 Å². The molecule has 0 aliphatic carbocycles. The van der Waals surface area contributed by atoms with Crippen LogP contribution >= 0.6 is 0 Å². The maximum Gasteiger partial charge on any atom is 0.305 e. The molecule has 0 atom stereocenters. The van der Waals surface area contributed by atoms with Gasteiger partial charge < -0.3 is 4.74 Å². The van der Waals surface area contributed by atoms with Gasteiger partial charge in [0.2, 0.25) is 5.69 Å². The van der Waals surface area contributed by atoms with Crippen molar-refractivity contribution in [2.75, 3.05) is 13.7 Å². The van der Waals surface area contributed by atoms with Crippen LogP contribution in [-0.4, -0.2) is 29.9 Å². The molecule has 30 heavy (non-hydrogen) atoms. The van der Waals surface area contributed by atoms with E-state index < -0.39 is 0 Å². The van der Waals surface area contributed by atoms with Gasteiger partial charge in [0.15, 0.2) is 5.71 Å². The first-order chi connectivity index (χ1) is 14.5. The number of benzene rings is 2. The third-order valence-electron chi connectivity index (χ3n) is 6.87. The van der Waals surface area contributed by atoms with Crippen LogP contribution in [0, 0.1) is 0 Å². The Hall–Kier alpha value is -2.16. The number of carbonyl (C=O) groups is 1. The number of nitrogens with zero attached hydrogens (tertiary/aromatic N) is 1. The lowest BCUT2D eigenvalue weighted by atomic mass is 9.80. The molecule has 3 nitrogen and oxygen atoms in total. The molecule has 0 aromatic heterocycles. The number of rotatable bonds is 11. The Labute approximate surface area is 182 Å². The van der Waals surface area contributed by atoms with Crippen LogP contribution in [-0.2, 0) is 14.9 Å². The summed E-state index contributed by atoms with van der Waals surface area (Å²) >= 11 is 0. The van der Waals surface area contributed by atoms with Crippen molar-refractivity contribution in [3.63, 3.8) is 0 Å². The zero-order valence-corrected chi connectivity index (χ0v) is 19.3. The second-order valence-electron chi connectivity index (χ2n) is 9.20. The predicted octanol–water partition coefficient (Wildman–Crippen LogP) is 6.92. The van der Waals surface area contributed by atoms with Crippen molar-refractivity contribution in [3.05, 3.63) is 42.0 Å². The summed E-state index contributed by atoms with van der Waals surface area (Å²) in [6.45, 7) is 8.16.